The van der Waals surface area contributed by atoms with Crippen LogP contribution in [0.4, 0.5) is 0 Å². The molecule has 0 aromatic heterocycles. The molecule has 0 aliphatic carbocycles. The summed E-state index contributed by atoms with van der Waals surface area (Å²) in [5, 5.41) is 11.7. The van der Waals surface area contributed by atoms with E-state index in [1.54, 1.807) is 0 Å². The highest BCUT2D eigenvalue weighted by atomic mass is 14.3. The standard InChI is InChI=1S/C17H17N/c1-3-7-14-10-11-16(13(4-2)12-18)17-9-6-5-8-15(14)17/h3,5-6,8-11,13H,1,4,7H2,2H3. The third kappa shape index (κ3) is 2.15. The van der Waals surface area contributed by atoms with Gasteiger partial charge in [0, 0.05) is 0 Å². The van der Waals surface area contributed by atoms with Gasteiger partial charge in [0.1, 0.15) is 0 Å². The first-order chi connectivity index (χ1) is 8.81. The van der Waals surface area contributed by atoms with Crippen LogP contribution in [0, 0.1) is 11.3 Å². The molecule has 2 rings (SSSR count). The van der Waals surface area contributed by atoms with Crippen molar-refractivity contribution in [3.05, 3.63) is 60.2 Å². The number of benzene rings is 2. The smallest absolute Gasteiger partial charge is 0.0716 e. The number of nitrogens with zero attached hydrogens (tertiary/aromatic N) is 1. The van der Waals surface area contributed by atoms with Crippen LogP contribution < -0.4 is 0 Å². The average molecular weight is 235 g/mol. The zero-order valence-electron chi connectivity index (χ0n) is 10.7. The average Bonchev–Trinajstić information content (AvgIpc) is 2.42. The monoisotopic (exact) mass is 235 g/mol. The lowest BCUT2D eigenvalue weighted by atomic mass is 9.90. The molecule has 1 atom stereocenters. The Labute approximate surface area is 108 Å². The minimum Gasteiger partial charge on any atom is -0.198 e. The maximum Gasteiger partial charge on any atom is 0.0716 e. The van der Waals surface area contributed by atoms with Crippen LogP contribution in [0.25, 0.3) is 10.8 Å². The summed E-state index contributed by atoms with van der Waals surface area (Å²) in [6.07, 6.45) is 3.63. The maximum atomic E-state index is 9.25. The fourth-order valence-electron chi connectivity index (χ4n) is 2.40. The molecule has 0 saturated carbocycles. The molecule has 2 aromatic carbocycles. The van der Waals surface area contributed by atoms with Gasteiger partial charge in [-0.05, 0) is 34.7 Å². The van der Waals surface area contributed by atoms with E-state index in [0.717, 1.165) is 18.4 Å². The van der Waals surface area contributed by atoms with Crippen LogP contribution in [0.15, 0.2) is 49.1 Å². The number of fused-ring (bicyclic) bond motifs is 1. The van der Waals surface area contributed by atoms with Gasteiger partial charge in [0.15, 0.2) is 0 Å². The highest BCUT2D eigenvalue weighted by Crippen LogP contribution is 2.30. The van der Waals surface area contributed by atoms with Crippen LogP contribution in [0.3, 0.4) is 0 Å². The van der Waals surface area contributed by atoms with Crippen molar-refractivity contribution < 1.29 is 0 Å². The van der Waals surface area contributed by atoms with E-state index in [1.165, 1.54) is 16.3 Å². The first-order valence-corrected chi connectivity index (χ1v) is 6.32. The summed E-state index contributed by atoms with van der Waals surface area (Å²) in [4.78, 5) is 0. The van der Waals surface area contributed by atoms with Crippen LogP contribution in [0.5, 0.6) is 0 Å². The zero-order chi connectivity index (χ0) is 13.0. The van der Waals surface area contributed by atoms with E-state index in [4.69, 9.17) is 0 Å². The van der Waals surface area contributed by atoms with Gasteiger partial charge in [-0.15, -0.1) is 6.58 Å². The summed E-state index contributed by atoms with van der Waals surface area (Å²) in [6, 6.07) is 14.9. The first-order valence-electron chi connectivity index (χ1n) is 6.32. The van der Waals surface area contributed by atoms with Crippen LogP contribution in [0.1, 0.15) is 30.4 Å². The molecular weight excluding hydrogens is 218 g/mol. The molecule has 0 saturated heterocycles. The highest BCUT2D eigenvalue weighted by Gasteiger charge is 2.12. The second-order valence-corrected chi connectivity index (χ2v) is 4.44. The second-order valence-electron chi connectivity index (χ2n) is 4.44. The molecule has 90 valence electrons. The van der Waals surface area contributed by atoms with Crippen LogP contribution in [-0.4, -0.2) is 0 Å². The Morgan fingerprint density at radius 2 is 1.94 bits per heavy atom. The van der Waals surface area contributed by atoms with Crippen LogP contribution >= 0.6 is 0 Å². The van der Waals surface area contributed by atoms with Crippen molar-refractivity contribution in [3.63, 3.8) is 0 Å². The number of allylic oxidation sites excluding steroid dienone is 1. The Morgan fingerprint density at radius 3 is 2.56 bits per heavy atom. The molecule has 1 nitrogen and oxygen atoms in total. The number of hydrogen-bond donors (Lipinski definition) is 0. The summed E-state index contributed by atoms with van der Waals surface area (Å²) in [5.41, 5.74) is 2.42. The van der Waals surface area contributed by atoms with Crippen molar-refractivity contribution in [2.75, 3.05) is 0 Å². The van der Waals surface area contributed by atoms with Crippen molar-refractivity contribution in [2.24, 2.45) is 0 Å². The SMILES string of the molecule is C=CCc1ccc(C(C#N)CC)c2ccccc12. The van der Waals surface area contributed by atoms with E-state index >= 15 is 0 Å². The maximum absolute atomic E-state index is 9.25. The Bertz CT molecular complexity index is 605. The first kappa shape index (κ1) is 12.4. The van der Waals surface area contributed by atoms with Crippen molar-refractivity contribution in [2.45, 2.75) is 25.7 Å². The van der Waals surface area contributed by atoms with Gasteiger partial charge in [-0.25, -0.2) is 0 Å². The minimum absolute atomic E-state index is 0.0207. The topological polar surface area (TPSA) is 23.8 Å². The molecule has 1 heteroatoms. The van der Waals surface area contributed by atoms with Gasteiger partial charge in [0.2, 0.25) is 0 Å². The normalized spacial score (nSPS) is 12.0. The Hall–Kier alpha value is -2.07. The van der Waals surface area contributed by atoms with E-state index in [-0.39, 0.29) is 5.92 Å². The van der Waals surface area contributed by atoms with Gasteiger partial charge in [-0.2, -0.15) is 5.26 Å². The molecule has 0 amide bonds. The molecule has 0 N–H and O–H groups in total. The Morgan fingerprint density at radius 1 is 1.22 bits per heavy atom. The quantitative estimate of drug-likeness (QED) is 0.711. The van der Waals surface area contributed by atoms with E-state index in [9.17, 15) is 5.26 Å². The molecule has 0 fully saturated rings. The largest absolute Gasteiger partial charge is 0.198 e. The van der Waals surface area contributed by atoms with E-state index in [1.807, 2.05) is 18.2 Å². The van der Waals surface area contributed by atoms with Gasteiger partial charge in [0.25, 0.3) is 0 Å². The summed E-state index contributed by atoms with van der Waals surface area (Å²) < 4.78 is 0. The number of nitriles is 1. The molecule has 0 radical (unpaired) electrons. The molecule has 0 spiro atoms. The van der Waals surface area contributed by atoms with Crippen LogP contribution in [0.2, 0.25) is 0 Å². The van der Waals surface area contributed by atoms with Crippen molar-refractivity contribution >= 4 is 10.8 Å². The predicted octanol–water partition coefficient (Wildman–Crippen LogP) is 4.59. The molecule has 0 aliphatic heterocycles. The summed E-state index contributed by atoms with van der Waals surface area (Å²) >= 11 is 0. The van der Waals surface area contributed by atoms with Gasteiger partial charge >= 0.3 is 0 Å². The lowest BCUT2D eigenvalue weighted by Gasteiger charge is -2.13. The molecule has 0 bridgehead atoms. The van der Waals surface area contributed by atoms with Crippen molar-refractivity contribution in [1.82, 2.24) is 0 Å². The highest BCUT2D eigenvalue weighted by molar-refractivity contribution is 5.89. The van der Waals surface area contributed by atoms with Crippen molar-refractivity contribution in [3.8, 4) is 6.07 Å². The van der Waals surface area contributed by atoms with Gasteiger partial charge in [-0.3, -0.25) is 0 Å². The Balaban J connectivity index is 2.68. The Kier molecular flexibility index (Phi) is 3.79. The van der Waals surface area contributed by atoms with Crippen LogP contribution in [-0.2, 0) is 6.42 Å². The lowest BCUT2D eigenvalue weighted by Crippen LogP contribution is -1.97. The molecule has 2 aromatic rings. The molecular formula is C17H17N. The fraction of sp³-hybridized carbons (Fsp3) is 0.235. The fourth-order valence-corrected chi connectivity index (χ4v) is 2.40. The molecule has 1 unspecified atom stereocenters. The zero-order valence-corrected chi connectivity index (χ0v) is 10.7. The molecule has 0 heterocycles. The minimum atomic E-state index is -0.0207. The molecule has 0 aliphatic rings. The summed E-state index contributed by atoms with van der Waals surface area (Å²) in [7, 11) is 0. The number of rotatable bonds is 4. The van der Waals surface area contributed by atoms with Gasteiger partial charge in [0.05, 0.1) is 12.0 Å². The molecule has 18 heavy (non-hydrogen) atoms. The van der Waals surface area contributed by atoms with Crippen molar-refractivity contribution in [1.29, 1.82) is 5.26 Å². The number of hydrogen-bond acceptors (Lipinski definition) is 1. The third-order valence-corrected chi connectivity index (χ3v) is 3.35. The van der Waals surface area contributed by atoms with Gasteiger partial charge < -0.3 is 0 Å². The van der Waals surface area contributed by atoms with E-state index < -0.39 is 0 Å². The third-order valence-electron chi connectivity index (χ3n) is 3.35. The van der Waals surface area contributed by atoms with E-state index in [2.05, 4.69) is 43.8 Å². The summed E-state index contributed by atoms with van der Waals surface area (Å²) in [5.74, 6) is -0.0207. The predicted molar refractivity (Wildman–Crippen MR) is 76.5 cm³/mol. The van der Waals surface area contributed by atoms with E-state index in [0.29, 0.717) is 0 Å². The van der Waals surface area contributed by atoms with Gasteiger partial charge in [-0.1, -0.05) is 49.4 Å². The summed E-state index contributed by atoms with van der Waals surface area (Å²) in [6.45, 7) is 5.86. The lowest BCUT2D eigenvalue weighted by molar-refractivity contribution is 0.825. The second kappa shape index (κ2) is 5.51.